The van der Waals surface area contributed by atoms with Crippen molar-refractivity contribution in [2.75, 3.05) is 26.3 Å². The summed E-state index contributed by atoms with van der Waals surface area (Å²) in [7, 11) is 0. The molecule has 1 aliphatic heterocycles. The lowest BCUT2D eigenvalue weighted by atomic mass is 10.1. The summed E-state index contributed by atoms with van der Waals surface area (Å²) in [5.41, 5.74) is 7.51. The average molecular weight is 251 g/mol. The van der Waals surface area contributed by atoms with Crippen LogP contribution in [0.15, 0.2) is 23.2 Å². The number of aliphatic imine (C=N–C) groups is 1. The molecule has 1 saturated heterocycles. The van der Waals surface area contributed by atoms with Crippen LogP contribution in [-0.4, -0.2) is 37.2 Å². The summed E-state index contributed by atoms with van der Waals surface area (Å²) in [5, 5.41) is 0. The molecule has 1 fully saturated rings. The van der Waals surface area contributed by atoms with E-state index in [1.54, 1.807) is 19.1 Å². The summed E-state index contributed by atoms with van der Waals surface area (Å²) in [6.45, 7) is 5.14. The van der Waals surface area contributed by atoms with Crippen LogP contribution in [0.2, 0.25) is 0 Å². The first-order chi connectivity index (χ1) is 8.66. The van der Waals surface area contributed by atoms with Crippen molar-refractivity contribution in [2.24, 2.45) is 10.7 Å². The topological polar surface area (TPSA) is 50.8 Å². The number of nitrogens with zero attached hydrogens (tertiary/aromatic N) is 2. The molecule has 0 radical (unpaired) electrons. The maximum absolute atomic E-state index is 13.1. The minimum Gasteiger partial charge on any atom is -0.378 e. The van der Waals surface area contributed by atoms with Crippen LogP contribution in [0.1, 0.15) is 11.1 Å². The highest BCUT2D eigenvalue weighted by atomic mass is 19.1. The molecule has 98 valence electrons. The standard InChI is InChI=1S/C13H18FN3O/c1-10-8-11(2-3-12(10)14)9-16-13(15)17-4-6-18-7-5-17/h2-3,8H,4-7,9H2,1H3,(H2,15,16). The molecule has 4 nitrogen and oxygen atoms in total. The molecule has 0 spiro atoms. The predicted octanol–water partition coefficient (Wildman–Crippen LogP) is 1.28. The number of benzene rings is 1. The van der Waals surface area contributed by atoms with Gasteiger partial charge < -0.3 is 15.4 Å². The second-order valence-electron chi connectivity index (χ2n) is 4.36. The first-order valence-electron chi connectivity index (χ1n) is 6.04. The molecule has 5 heteroatoms. The normalized spacial score (nSPS) is 17.0. The molecule has 0 aliphatic carbocycles. The smallest absolute Gasteiger partial charge is 0.191 e. The third-order valence-electron chi connectivity index (χ3n) is 2.98. The Kier molecular flexibility index (Phi) is 4.15. The van der Waals surface area contributed by atoms with Crippen molar-refractivity contribution in [2.45, 2.75) is 13.5 Å². The number of rotatable bonds is 2. The molecule has 0 saturated carbocycles. The van der Waals surface area contributed by atoms with Crippen LogP contribution in [0.4, 0.5) is 4.39 Å². The molecular weight excluding hydrogens is 233 g/mol. The lowest BCUT2D eigenvalue weighted by Gasteiger charge is -2.27. The molecular formula is C13H18FN3O. The third-order valence-corrected chi connectivity index (χ3v) is 2.98. The Morgan fingerprint density at radius 2 is 2.17 bits per heavy atom. The molecule has 0 unspecified atom stereocenters. The van der Waals surface area contributed by atoms with Crippen molar-refractivity contribution < 1.29 is 9.13 Å². The Labute approximate surface area is 106 Å². The molecule has 0 aromatic heterocycles. The molecule has 0 amide bonds. The van der Waals surface area contributed by atoms with Gasteiger partial charge in [0.25, 0.3) is 0 Å². The van der Waals surface area contributed by atoms with Crippen LogP contribution in [0, 0.1) is 12.7 Å². The monoisotopic (exact) mass is 251 g/mol. The zero-order valence-electron chi connectivity index (χ0n) is 10.5. The van der Waals surface area contributed by atoms with Gasteiger partial charge in [-0.2, -0.15) is 0 Å². The van der Waals surface area contributed by atoms with Crippen LogP contribution < -0.4 is 5.73 Å². The minimum absolute atomic E-state index is 0.191. The van der Waals surface area contributed by atoms with E-state index in [-0.39, 0.29) is 5.82 Å². The van der Waals surface area contributed by atoms with Gasteiger partial charge in [-0.3, -0.25) is 0 Å². The fourth-order valence-corrected chi connectivity index (χ4v) is 1.87. The molecule has 2 rings (SSSR count). The first-order valence-corrected chi connectivity index (χ1v) is 6.04. The SMILES string of the molecule is Cc1cc(CN=C(N)N2CCOCC2)ccc1F. The quantitative estimate of drug-likeness (QED) is 0.636. The van der Waals surface area contributed by atoms with E-state index in [0.717, 1.165) is 18.7 Å². The fraction of sp³-hybridized carbons (Fsp3) is 0.462. The van der Waals surface area contributed by atoms with Crippen LogP contribution in [0.25, 0.3) is 0 Å². The van der Waals surface area contributed by atoms with Crippen molar-refractivity contribution in [3.05, 3.63) is 35.1 Å². The second-order valence-corrected chi connectivity index (χ2v) is 4.36. The number of hydrogen-bond acceptors (Lipinski definition) is 2. The van der Waals surface area contributed by atoms with E-state index in [1.807, 2.05) is 4.90 Å². The van der Waals surface area contributed by atoms with E-state index in [4.69, 9.17) is 10.5 Å². The highest BCUT2D eigenvalue weighted by molar-refractivity contribution is 5.78. The number of guanidine groups is 1. The Hall–Kier alpha value is -1.62. The van der Waals surface area contributed by atoms with Gasteiger partial charge in [0.15, 0.2) is 5.96 Å². The van der Waals surface area contributed by atoms with Gasteiger partial charge in [-0.05, 0) is 24.1 Å². The van der Waals surface area contributed by atoms with E-state index in [1.165, 1.54) is 6.07 Å². The van der Waals surface area contributed by atoms with Gasteiger partial charge in [0.2, 0.25) is 0 Å². The van der Waals surface area contributed by atoms with E-state index in [9.17, 15) is 4.39 Å². The molecule has 0 bridgehead atoms. The van der Waals surface area contributed by atoms with Gasteiger partial charge >= 0.3 is 0 Å². The fourth-order valence-electron chi connectivity index (χ4n) is 1.87. The summed E-state index contributed by atoms with van der Waals surface area (Å²) >= 11 is 0. The van der Waals surface area contributed by atoms with E-state index < -0.39 is 0 Å². The minimum atomic E-state index is -0.191. The zero-order chi connectivity index (χ0) is 13.0. The molecule has 1 aromatic carbocycles. The van der Waals surface area contributed by atoms with Crippen molar-refractivity contribution in [1.82, 2.24) is 4.90 Å². The maximum atomic E-state index is 13.1. The predicted molar refractivity (Wildman–Crippen MR) is 68.9 cm³/mol. The van der Waals surface area contributed by atoms with Crippen molar-refractivity contribution >= 4 is 5.96 Å². The Morgan fingerprint density at radius 1 is 1.44 bits per heavy atom. The third kappa shape index (κ3) is 3.20. The number of morpholine rings is 1. The summed E-state index contributed by atoms with van der Waals surface area (Å²) in [6.07, 6.45) is 0. The van der Waals surface area contributed by atoms with Gasteiger partial charge in [-0.15, -0.1) is 0 Å². The van der Waals surface area contributed by atoms with Gasteiger partial charge in [-0.1, -0.05) is 12.1 Å². The lowest BCUT2D eigenvalue weighted by Crippen LogP contribution is -2.44. The number of halogens is 1. The molecule has 2 N–H and O–H groups in total. The molecule has 0 atom stereocenters. The highest BCUT2D eigenvalue weighted by Crippen LogP contribution is 2.10. The number of hydrogen-bond donors (Lipinski definition) is 1. The average Bonchev–Trinajstić information content (AvgIpc) is 2.41. The molecule has 1 heterocycles. The van der Waals surface area contributed by atoms with Gasteiger partial charge in [-0.25, -0.2) is 9.38 Å². The van der Waals surface area contributed by atoms with Crippen molar-refractivity contribution in [3.63, 3.8) is 0 Å². The van der Waals surface area contributed by atoms with E-state index in [2.05, 4.69) is 4.99 Å². The van der Waals surface area contributed by atoms with Gasteiger partial charge in [0, 0.05) is 13.1 Å². The van der Waals surface area contributed by atoms with Crippen LogP contribution in [0.3, 0.4) is 0 Å². The summed E-state index contributed by atoms with van der Waals surface area (Å²) in [4.78, 5) is 6.33. The second kappa shape index (κ2) is 5.82. The number of ether oxygens (including phenoxy) is 1. The van der Waals surface area contributed by atoms with Crippen LogP contribution in [-0.2, 0) is 11.3 Å². The molecule has 1 aromatic rings. The highest BCUT2D eigenvalue weighted by Gasteiger charge is 2.11. The van der Waals surface area contributed by atoms with Crippen LogP contribution >= 0.6 is 0 Å². The van der Waals surface area contributed by atoms with Crippen molar-refractivity contribution in [3.8, 4) is 0 Å². The van der Waals surface area contributed by atoms with E-state index >= 15 is 0 Å². The first kappa shape index (κ1) is 12.8. The summed E-state index contributed by atoms with van der Waals surface area (Å²) in [6, 6.07) is 5.00. The molecule has 18 heavy (non-hydrogen) atoms. The Balaban J connectivity index is 1.98. The lowest BCUT2D eigenvalue weighted by molar-refractivity contribution is 0.0674. The van der Waals surface area contributed by atoms with E-state index in [0.29, 0.717) is 31.3 Å². The summed E-state index contributed by atoms with van der Waals surface area (Å²) < 4.78 is 18.4. The summed E-state index contributed by atoms with van der Waals surface area (Å²) in [5.74, 6) is 0.337. The Morgan fingerprint density at radius 3 is 2.83 bits per heavy atom. The number of aryl methyl sites for hydroxylation is 1. The van der Waals surface area contributed by atoms with Crippen molar-refractivity contribution in [1.29, 1.82) is 0 Å². The Bertz CT molecular complexity index is 442. The zero-order valence-corrected chi connectivity index (χ0v) is 10.5. The van der Waals surface area contributed by atoms with Gasteiger partial charge in [0.1, 0.15) is 5.82 Å². The largest absolute Gasteiger partial charge is 0.378 e. The van der Waals surface area contributed by atoms with Crippen LogP contribution in [0.5, 0.6) is 0 Å². The maximum Gasteiger partial charge on any atom is 0.191 e. The van der Waals surface area contributed by atoms with Gasteiger partial charge in [0.05, 0.1) is 19.8 Å². The number of nitrogens with two attached hydrogens (primary N) is 1. The molecule has 1 aliphatic rings.